The van der Waals surface area contributed by atoms with E-state index < -0.39 is 0 Å². The zero-order valence-corrected chi connectivity index (χ0v) is 17.1. The van der Waals surface area contributed by atoms with Gasteiger partial charge in [0.2, 0.25) is 5.13 Å². The topological polar surface area (TPSA) is 64.1 Å². The number of ether oxygens (including phenoxy) is 1. The molecular formula is C20H21N3O2S2. The van der Waals surface area contributed by atoms with Crippen LogP contribution >= 0.6 is 23.1 Å². The lowest BCUT2D eigenvalue weighted by molar-refractivity contribution is -0.118. The van der Waals surface area contributed by atoms with Crippen molar-refractivity contribution in [2.45, 2.75) is 30.9 Å². The van der Waals surface area contributed by atoms with E-state index >= 15 is 0 Å². The van der Waals surface area contributed by atoms with Crippen molar-refractivity contribution >= 4 is 34.1 Å². The van der Waals surface area contributed by atoms with Gasteiger partial charge in [-0.05, 0) is 37.5 Å². The van der Waals surface area contributed by atoms with Crippen molar-refractivity contribution in [1.82, 2.24) is 10.2 Å². The Kier molecular flexibility index (Phi) is 6.47. The van der Waals surface area contributed by atoms with Gasteiger partial charge in [-0.25, -0.2) is 0 Å². The van der Waals surface area contributed by atoms with Crippen LogP contribution in [0.25, 0.3) is 0 Å². The normalized spacial score (nSPS) is 10.6. The molecule has 0 atom stereocenters. The molecule has 1 N–H and O–H groups in total. The van der Waals surface area contributed by atoms with Crippen molar-refractivity contribution in [3.63, 3.8) is 0 Å². The number of nitrogens with zero attached hydrogens (tertiary/aromatic N) is 2. The number of aromatic nitrogens is 2. The molecule has 0 aliphatic rings. The Morgan fingerprint density at radius 2 is 1.81 bits per heavy atom. The number of aryl methyl sites for hydroxylation is 3. The lowest BCUT2D eigenvalue weighted by Crippen LogP contribution is -2.20. The molecule has 2 aromatic carbocycles. The summed E-state index contributed by atoms with van der Waals surface area (Å²) in [7, 11) is 0. The van der Waals surface area contributed by atoms with Crippen LogP contribution < -0.4 is 10.1 Å². The molecule has 1 amide bonds. The standard InChI is InChI=1S/C20H21N3O2S2/c1-13-9-14(2)18(15(3)10-13)25-11-17(24)21-19-22-23-20(27-19)26-12-16-7-5-4-6-8-16/h4-10H,11-12H2,1-3H3,(H,21,22,24). The van der Waals surface area contributed by atoms with Crippen LogP contribution in [0.2, 0.25) is 0 Å². The smallest absolute Gasteiger partial charge is 0.264 e. The van der Waals surface area contributed by atoms with Crippen molar-refractivity contribution in [2.75, 3.05) is 11.9 Å². The predicted molar refractivity (Wildman–Crippen MR) is 111 cm³/mol. The number of rotatable bonds is 7. The summed E-state index contributed by atoms with van der Waals surface area (Å²) < 4.78 is 6.53. The van der Waals surface area contributed by atoms with Gasteiger partial charge < -0.3 is 4.74 Å². The fourth-order valence-electron chi connectivity index (χ4n) is 2.73. The van der Waals surface area contributed by atoms with Crippen LogP contribution in [0.1, 0.15) is 22.3 Å². The van der Waals surface area contributed by atoms with E-state index in [0.717, 1.165) is 27.0 Å². The highest BCUT2D eigenvalue weighted by atomic mass is 32.2. The Hall–Kier alpha value is -2.38. The summed E-state index contributed by atoms with van der Waals surface area (Å²) in [4.78, 5) is 12.2. The molecule has 140 valence electrons. The van der Waals surface area contributed by atoms with Crippen molar-refractivity contribution in [2.24, 2.45) is 0 Å². The summed E-state index contributed by atoms with van der Waals surface area (Å²) in [6, 6.07) is 14.3. The molecule has 0 saturated carbocycles. The fourth-order valence-corrected chi connectivity index (χ4v) is 4.45. The minimum absolute atomic E-state index is 0.0587. The number of benzene rings is 2. The quantitative estimate of drug-likeness (QED) is 0.458. The largest absolute Gasteiger partial charge is 0.483 e. The Labute approximate surface area is 167 Å². The molecule has 3 rings (SSSR count). The summed E-state index contributed by atoms with van der Waals surface area (Å²) in [5.41, 5.74) is 4.45. The first-order valence-electron chi connectivity index (χ1n) is 8.52. The number of amides is 1. The maximum absolute atomic E-state index is 12.2. The highest BCUT2D eigenvalue weighted by Crippen LogP contribution is 2.28. The summed E-state index contributed by atoms with van der Waals surface area (Å²) in [5.74, 6) is 1.33. The van der Waals surface area contributed by atoms with Crippen LogP contribution in [0.5, 0.6) is 5.75 Å². The summed E-state index contributed by atoms with van der Waals surface area (Å²) in [6.45, 7) is 5.94. The predicted octanol–water partition coefficient (Wildman–Crippen LogP) is 4.77. The van der Waals surface area contributed by atoms with Gasteiger partial charge in [-0.15, -0.1) is 10.2 Å². The third kappa shape index (κ3) is 5.55. The van der Waals surface area contributed by atoms with E-state index in [0.29, 0.717) is 5.13 Å². The van der Waals surface area contributed by atoms with Crippen molar-refractivity contribution < 1.29 is 9.53 Å². The average molecular weight is 400 g/mol. The number of hydrogen-bond acceptors (Lipinski definition) is 6. The molecule has 0 fully saturated rings. The summed E-state index contributed by atoms with van der Waals surface area (Å²) >= 11 is 2.96. The van der Waals surface area contributed by atoms with E-state index in [1.165, 1.54) is 22.5 Å². The number of anilines is 1. The minimum Gasteiger partial charge on any atom is -0.483 e. The van der Waals surface area contributed by atoms with E-state index in [9.17, 15) is 4.79 Å². The number of nitrogens with one attached hydrogen (secondary N) is 1. The SMILES string of the molecule is Cc1cc(C)c(OCC(=O)Nc2nnc(SCc3ccccc3)s2)c(C)c1. The minimum atomic E-state index is -0.245. The second kappa shape index (κ2) is 9.01. The van der Waals surface area contributed by atoms with Crippen LogP contribution in [0.3, 0.4) is 0 Å². The third-order valence-electron chi connectivity index (χ3n) is 3.81. The Balaban J connectivity index is 1.51. The van der Waals surface area contributed by atoms with Gasteiger partial charge in [0.25, 0.3) is 5.91 Å². The molecule has 0 radical (unpaired) electrons. The second-order valence-electron chi connectivity index (χ2n) is 6.21. The van der Waals surface area contributed by atoms with E-state index in [1.54, 1.807) is 11.8 Å². The highest BCUT2D eigenvalue weighted by molar-refractivity contribution is 8.00. The molecular weight excluding hydrogens is 378 g/mol. The number of carbonyl (C=O) groups is 1. The van der Waals surface area contributed by atoms with Crippen molar-refractivity contribution in [1.29, 1.82) is 0 Å². The van der Waals surface area contributed by atoms with Crippen LogP contribution in [-0.2, 0) is 10.5 Å². The molecule has 5 nitrogen and oxygen atoms in total. The van der Waals surface area contributed by atoms with Gasteiger partial charge in [0.1, 0.15) is 5.75 Å². The van der Waals surface area contributed by atoms with Crippen LogP contribution in [0, 0.1) is 20.8 Å². The van der Waals surface area contributed by atoms with Crippen molar-refractivity contribution in [3.8, 4) is 5.75 Å². The molecule has 0 spiro atoms. The van der Waals surface area contributed by atoms with E-state index in [-0.39, 0.29) is 12.5 Å². The van der Waals surface area contributed by atoms with Gasteiger partial charge >= 0.3 is 0 Å². The lowest BCUT2D eigenvalue weighted by Gasteiger charge is -2.12. The zero-order chi connectivity index (χ0) is 19.2. The first-order chi connectivity index (χ1) is 13.0. The second-order valence-corrected chi connectivity index (χ2v) is 8.41. The molecule has 0 bridgehead atoms. The molecule has 1 aromatic heterocycles. The van der Waals surface area contributed by atoms with Crippen molar-refractivity contribution in [3.05, 3.63) is 64.7 Å². The Bertz CT molecular complexity index is 903. The molecule has 27 heavy (non-hydrogen) atoms. The van der Waals surface area contributed by atoms with Crippen LogP contribution in [-0.4, -0.2) is 22.7 Å². The Morgan fingerprint density at radius 1 is 1.11 bits per heavy atom. The summed E-state index contributed by atoms with van der Waals surface area (Å²) in [6.07, 6.45) is 0. The highest BCUT2D eigenvalue weighted by Gasteiger charge is 2.11. The van der Waals surface area contributed by atoms with E-state index in [2.05, 4.69) is 27.6 Å². The van der Waals surface area contributed by atoms with Gasteiger partial charge in [0.05, 0.1) is 0 Å². The monoisotopic (exact) mass is 399 g/mol. The van der Waals surface area contributed by atoms with Gasteiger partial charge in [0.15, 0.2) is 10.9 Å². The van der Waals surface area contributed by atoms with Crippen LogP contribution in [0.15, 0.2) is 46.8 Å². The maximum Gasteiger partial charge on any atom is 0.264 e. The molecule has 3 aromatic rings. The van der Waals surface area contributed by atoms with Crippen LogP contribution in [0.4, 0.5) is 5.13 Å². The van der Waals surface area contributed by atoms with E-state index in [1.807, 2.05) is 51.1 Å². The molecule has 0 aliphatic heterocycles. The van der Waals surface area contributed by atoms with Gasteiger partial charge in [0, 0.05) is 5.75 Å². The number of carbonyl (C=O) groups excluding carboxylic acids is 1. The first-order valence-corrected chi connectivity index (χ1v) is 10.3. The van der Waals surface area contributed by atoms with Gasteiger partial charge in [-0.1, -0.05) is 71.1 Å². The number of hydrogen-bond donors (Lipinski definition) is 1. The average Bonchev–Trinajstić information content (AvgIpc) is 3.07. The molecule has 1 heterocycles. The molecule has 0 unspecified atom stereocenters. The van der Waals surface area contributed by atoms with Gasteiger partial charge in [-0.2, -0.15) is 0 Å². The first kappa shape index (κ1) is 19.4. The maximum atomic E-state index is 12.2. The molecule has 0 aliphatic carbocycles. The molecule has 0 saturated heterocycles. The lowest BCUT2D eigenvalue weighted by atomic mass is 10.1. The third-order valence-corrected chi connectivity index (χ3v) is 5.85. The zero-order valence-electron chi connectivity index (χ0n) is 15.5. The number of thioether (sulfide) groups is 1. The molecule has 7 heteroatoms. The Morgan fingerprint density at radius 3 is 2.52 bits per heavy atom. The van der Waals surface area contributed by atoms with E-state index in [4.69, 9.17) is 4.74 Å². The fraction of sp³-hybridized carbons (Fsp3) is 0.250. The summed E-state index contributed by atoms with van der Waals surface area (Å²) in [5, 5.41) is 11.4. The van der Waals surface area contributed by atoms with Gasteiger partial charge in [-0.3, -0.25) is 10.1 Å².